The van der Waals surface area contributed by atoms with Crippen LogP contribution in [0.25, 0.3) is 0 Å². The number of hydrogen-bond donors (Lipinski definition) is 1. The van der Waals surface area contributed by atoms with Gasteiger partial charge in [-0.1, -0.05) is 23.2 Å². The predicted molar refractivity (Wildman–Crippen MR) is 84.1 cm³/mol. The summed E-state index contributed by atoms with van der Waals surface area (Å²) in [5.41, 5.74) is 2.72. The highest BCUT2D eigenvalue weighted by Gasteiger charge is 2.11. The second-order valence-corrected chi connectivity index (χ2v) is 5.40. The number of benzene rings is 2. The van der Waals surface area contributed by atoms with E-state index < -0.39 is 6.10 Å². The maximum absolute atomic E-state index is 9.85. The standard InChI is InChI=1S/C17H19ClO3/c1-11-4-6-17(15(8-11)12(2)19)21-10-13-9-14(18)5-7-16(13)20-3/h4-9,12,19H,10H2,1-3H3. The molecule has 0 spiro atoms. The quantitative estimate of drug-likeness (QED) is 0.895. The van der Waals surface area contributed by atoms with Crippen LogP contribution in [-0.2, 0) is 6.61 Å². The molecule has 21 heavy (non-hydrogen) atoms. The van der Waals surface area contributed by atoms with Crippen LogP contribution < -0.4 is 9.47 Å². The summed E-state index contributed by atoms with van der Waals surface area (Å²) in [5.74, 6) is 1.39. The fraction of sp³-hybridized carbons (Fsp3) is 0.294. The molecule has 0 aliphatic heterocycles. The van der Waals surface area contributed by atoms with Crippen LogP contribution in [0.5, 0.6) is 11.5 Å². The van der Waals surface area contributed by atoms with Gasteiger partial charge in [0.05, 0.1) is 13.2 Å². The van der Waals surface area contributed by atoms with Crippen LogP contribution in [0.15, 0.2) is 36.4 Å². The van der Waals surface area contributed by atoms with E-state index in [1.165, 1.54) is 0 Å². The number of halogens is 1. The summed E-state index contributed by atoms with van der Waals surface area (Å²) in [6.45, 7) is 4.03. The van der Waals surface area contributed by atoms with Crippen LogP contribution >= 0.6 is 11.6 Å². The average molecular weight is 307 g/mol. The molecule has 0 saturated carbocycles. The number of aryl methyl sites for hydroxylation is 1. The zero-order valence-electron chi connectivity index (χ0n) is 12.4. The highest BCUT2D eigenvalue weighted by Crippen LogP contribution is 2.29. The molecule has 0 saturated heterocycles. The van der Waals surface area contributed by atoms with E-state index in [1.54, 1.807) is 20.1 Å². The topological polar surface area (TPSA) is 38.7 Å². The van der Waals surface area contributed by atoms with E-state index in [1.807, 2.05) is 37.3 Å². The molecule has 0 radical (unpaired) electrons. The first-order valence-corrected chi connectivity index (χ1v) is 7.13. The van der Waals surface area contributed by atoms with Gasteiger partial charge in [0.15, 0.2) is 0 Å². The largest absolute Gasteiger partial charge is 0.496 e. The second kappa shape index (κ2) is 6.83. The smallest absolute Gasteiger partial charge is 0.125 e. The Morgan fingerprint density at radius 3 is 2.52 bits per heavy atom. The molecule has 1 unspecified atom stereocenters. The molecule has 3 nitrogen and oxygen atoms in total. The van der Waals surface area contributed by atoms with Crippen LogP contribution in [0.4, 0.5) is 0 Å². The van der Waals surface area contributed by atoms with E-state index in [2.05, 4.69) is 0 Å². The monoisotopic (exact) mass is 306 g/mol. The van der Waals surface area contributed by atoms with Gasteiger partial charge in [-0.05, 0) is 44.2 Å². The molecule has 1 atom stereocenters. The summed E-state index contributed by atoms with van der Waals surface area (Å²) in [6, 6.07) is 11.2. The Balaban J connectivity index is 2.22. The summed E-state index contributed by atoms with van der Waals surface area (Å²) < 4.78 is 11.1. The van der Waals surface area contributed by atoms with Gasteiger partial charge in [-0.25, -0.2) is 0 Å². The van der Waals surface area contributed by atoms with E-state index in [0.717, 1.165) is 22.4 Å². The molecule has 0 aliphatic carbocycles. The third-order valence-electron chi connectivity index (χ3n) is 3.24. The third kappa shape index (κ3) is 3.90. The molecular formula is C17H19ClO3. The van der Waals surface area contributed by atoms with Crippen molar-refractivity contribution in [2.24, 2.45) is 0 Å². The van der Waals surface area contributed by atoms with Gasteiger partial charge in [0, 0.05) is 16.1 Å². The summed E-state index contributed by atoms with van der Waals surface area (Å²) in [4.78, 5) is 0. The van der Waals surface area contributed by atoms with E-state index in [-0.39, 0.29) is 0 Å². The van der Waals surface area contributed by atoms with Crippen LogP contribution in [0.2, 0.25) is 5.02 Å². The summed E-state index contributed by atoms with van der Waals surface area (Å²) in [5, 5.41) is 10.5. The third-order valence-corrected chi connectivity index (χ3v) is 3.48. The minimum atomic E-state index is -0.582. The fourth-order valence-electron chi connectivity index (χ4n) is 2.14. The fourth-order valence-corrected chi connectivity index (χ4v) is 2.34. The van der Waals surface area contributed by atoms with Crippen molar-refractivity contribution in [3.8, 4) is 11.5 Å². The van der Waals surface area contributed by atoms with Gasteiger partial charge in [0.2, 0.25) is 0 Å². The molecule has 0 aromatic heterocycles. The van der Waals surface area contributed by atoms with Crippen molar-refractivity contribution in [3.63, 3.8) is 0 Å². The van der Waals surface area contributed by atoms with E-state index in [0.29, 0.717) is 17.4 Å². The Morgan fingerprint density at radius 1 is 1.14 bits per heavy atom. The average Bonchev–Trinajstić information content (AvgIpc) is 2.46. The van der Waals surface area contributed by atoms with Crippen molar-refractivity contribution in [1.29, 1.82) is 0 Å². The summed E-state index contributed by atoms with van der Waals surface area (Å²) >= 11 is 6.01. The van der Waals surface area contributed by atoms with Crippen molar-refractivity contribution in [2.75, 3.05) is 7.11 Å². The first-order valence-electron chi connectivity index (χ1n) is 6.75. The molecule has 0 amide bonds. The minimum absolute atomic E-state index is 0.326. The van der Waals surface area contributed by atoms with Crippen molar-refractivity contribution in [2.45, 2.75) is 26.6 Å². The summed E-state index contributed by atoms with van der Waals surface area (Å²) in [7, 11) is 1.61. The van der Waals surface area contributed by atoms with Gasteiger partial charge >= 0.3 is 0 Å². The van der Waals surface area contributed by atoms with E-state index >= 15 is 0 Å². The van der Waals surface area contributed by atoms with Crippen molar-refractivity contribution >= 4 is 11.6 Å². The van der Waals surface area contributed by atoms with Crippen molar-refractivity contribution < 1.29 is 14.6 Å². The van der Waals surface area contributed by atoms with Crippen LogP contribution in [0, 0.1) is 6.92 Å². The molecule has 0 heterocycles. The van der Waals surface area contributed by atoms with E-state index in [9.17, 15) is 5.11 Å². The molecule has 2 aromatic rings. The lowest BCUT2D eigenvalue weighted by Crippen LogP contribution is -2.03. The maximum atomic E-state index is 9.85. The Kier molecular flexibility index (Phi) is 5.10. The minimum Gasteiger partial charge on any atom is -0.496 e. The highest BCUT2D eigenvalue weighted by atomic mass is 35.5. The van der Waals surface area contributed by atoms with Gasteiger partial charge in [0.25, 0.3) is 0 Å². The molecule has 4 heteroatoms. The van der Waals surface area contributed by atoms with Gasteiger partial charge < -0.3 is 14.6 Å². The number of hydrogen-bond acceptors (Lipinski definition) is 3. The van der Waals surface area contributed by atoms with Gasteiger partial charge in [-0.3, -0.25) is 0 Å². The Bertz CT molecular complexity index is 623. The lowest BCUT2D eigenvalue weighted by Gasteiger charge is -2.15. The van der Waals surface area contributed by atoms with Gasteiger partial charge in [-0.2, -0.15) is 0 Å². The zero-order valence-corrected chi connectivity index (χ0v) is 13.1. The van der Waals surface area contributed by atoms with E-state index in [4.69, 9.17) is 21.1 Å². The van der Waals surface area contributed by atoms with Crippen molar-refractivity contribution in [3.05, 3.63) is 58.1 Å². The van der Waals surface area contributed by atoms with Crippen LogP contribution in [0.3, 0.4) is 0 Å². The lowest BCUT2D eigenvalue weighted by atomic mass is 10.1. The molecule has 0 aliphatic rings. The first-order chi connectivity index (χ1) is 10.0. The second-order valence-electron chi connectivity index (χ2n) is 4.96. The predicted octanol–water partition coefficient (Wildman–Crippen LogP) is 4.29. The molecule has 112 valence electrons. The molecule has 2 rings (SSSR count). The Labute approximate surface area is 130 Å². The number of aliphatic hydroxyl groups is 1. The Hall–Kier alpha value is -1.71. The molecule has 2 aromatic carbocycles. The summed E-state index contributed by atoms with van der Waals surface area (Å²) in [6.07, 6.45) is -0.582. The van der Waals surface area contributed by atoms with Crippen LogP contribution in [-0.4, -0.2) is 12.2 Å². The number of rotatable bonds is 5. The normalized spacial score (nSPS) is 12.0. The van der Waals surface area contributed by atoms with Gasteiger partial charge in [-0.15, -0.1) is 0 Å². The lowest BCUT2D eigenvalue weighted by molar-refractivity contribution is 0.189. The van der Waals surface area contributed by atoms with Crippen molar-refractivity contribution in [1.82, 2.24) is 0 Å². The Morgan fingerprint density at radius 2 is 1.86 bits per heavy atom. The molecule has 0 fully saturated rings. The molecule has 0 bridgehead atoms. The number of aliphatic hydroxyl groups excluding tert-OH is 1. The zero-order chi connectivity index (χ0) is 15.4. The number of methoxy groups -OCH3 is 1. The maximum Gasteiger partial charge on any atom is 0.125 e. The van der Waals surface area contributed by atoms with Crippen LogP contribution in [0.1, 0.15) is 29.7 Å². The van der Waals surface area contributed by atoms with Gasteiger partial charge in [0.1, 0.15) is 18.1 Å². The SMILES string of the molecule is COc1ccc(Cl)cc1COc1ccc(C)cc1C(C)O. The molecule has 1 N–H and O–H groups in total. The highest BCUT2D eigenvalue weighted by molar-refractivity contribution is 6.30. The first kappa shape index (κ1) is 15.7. The molecular weight excluding hydrogens is 288 g/mol. The number of ether oxygens (including phenoxy) is 2.